The number of amides is 1. The fourth-order valence-electron chi connectivity index (χ4n) is 1.71. The van der Waals surface area contributed by atoms with Gasteiger partial charge in [-0.25, -0.2) is 8.78 Å². The second kappa shape index (κ2) is 7.12. The van der Waals surface area contributed by atoms with Crippen molar-refractivity contribution >= 4 is 22.4 Å². The molecule has 2 rings (SSSR count). The quantitative estimate of drug-likeness (QED) is 0.882. The van der Waals surface area contributed by atoms with Gasteiger partial charge in [0.05, 0.1) is 20.6 Å². The average Bonchev–Trinajstić information content (AvgIpc) is 2.96. The van der Waals surface area contributed by atoms with E-state index in [0.717, 1.165) is 0 Å². The minimum absolute atomic E-state index is 0.0107. The smallest absolute Gasteiger partial charge is 0.291 e. The van der Waals surface area contributed by atoms with E-state index in [0.29, 0.717) is 28.4 Å². The molecule has 9 heteroatoms. The Morgan fingerprint density at radius 1 is 1.32 bits per heavy atom. The predicted octanol–water partition coefficient (Wildman–Crippen LogP) is 2.67. The molecule has 0 saturated heterocycles. The zero-order chi connectivity index (χ0) is 16.1. The maximum Gasteiger partial charge on any atom is 0.291 e. The molecule has 0 aliphatic carbocycles. The summed E-state index contributed by atoms with van der Waals surface area (Å²) >= 11 is 0.640. The standard InChI is InChI=1S/C13H13F2N3O3S/c1-20-8-4-3-7(9(6-8)21-2)5-10(19)16-13-18-17-12(22-13)11(14)15/h3-4,6,11H,5H2,1-2H3,(H,16,18,19). The summed E-state index contributed by atoms with van der Waals surface area (Å²) < 4.78 is 35.1. The normalized spacial score (nSPS) is 10.6. The number of halogens is 2. The molecule has 0 unspecified atom stereocenters. The summed E-state index contributed by atoms with van der Waals surface area (Å²) in [6, 6.07) is 5.05. The second-order valence-corrected chi connectivity index (χ2v) is 5.16. The van der Waals surface area contributed by atoms with E-state index in [1.54, 1.807) is 18.2 Å². The molecular weight excluding hydrogens is 316 g/mol. The van der Waals surface area contributed by atoms with Gasteiger partial charge in [0.2, 0.25) is 11.0 Å². The number of benzene rings is 1. The van der Waals surface area contributed by atoms with Gasteiger partial charge in [0.25, 0.3) is 6.43 Å². The van der Waals surface area contributed by atoms with E-state index in [9.17, 15) is 13.6 Å². The molecule has 0 aliphatic heterocycles. The Bertz CT molecular complexity index is 664. The Labute approximate surface area is 129 Å². The fourth-order valence-corrected chi connectivity index (χ4v) is 2.32. The van der Waals surface area contributed by atoms with Crippen LogP contribution in [0.5, 0.6) is 11.5 Å². The van der Waals surface area contributed by atoms with Crippen molar-refractivity contribution < 1.29 is 23.0 Å². The molecule has 0 aliphatic rings. The lowest BCUT2D eigenvalue weighted by Gasteiger charge is -2.09. The first kappa shape index (κ1) is 16.1. The summed E-state index contributed by atoms with van der Waals surface area (Å²) in [6.45, 7) is 0. The van der Waals surface area contributed by atoms with E-state index in [2.05, 4.69) is 15.5 Å². The van der Waals surface area contributed by atoms with Crippen molar-refractivity contribution in [3.05, 3.63) is 28.8 Å². The SMILES string of the molecule is COc1ccc(CC(=O)Nc2nnc(C(F)F)s2)c(OC)c1. The van der Waals surface area contributed by atoms with Crippen LogP contribution in [0.2, 0.25) is 0 Å². The van der Waals surface area contributed by atoms with Crippen LogP contribution in [0.15, 0.2) is 18.2 Å². The van der Waals surface area contributed by atoms with Crippen LogP contribution in [-0.4, -0.2) is 30.3 Å². The number of rotatable bonds is 6. The van der Waals surface area contributed by atoms with Crippen LogP contribution in [0.1, 0.15) is 17.0 Å². The van der Waals surface area contributed by atoms with Crippen LogP contribution in [0.25, 0.3) is 0 Å². The Morgan fingerprint density at radius 2 is 2.09 bits per heavy atom. The third-order valence-corrected chi connectivity index (χ3v) is 3.56. The van der Waals surface area contributed by atoms with Crippen molar-refractivity contribution in [1.29, 1.82) is 0 Å². The Balaban J connectivity index is 2.05. The van der Waals surface area contributed by atoms with Gasteiger partial charge in [-0.3, -0.25) is 4.79 Å². The van der Waals surface area contributed by atoms with Gasteiger partial charge in [0.1, 0.15) is 11.5 Å². The first-order valence-corrected chi connectivity index (χ1v) is 6.97. The van der Waals surface area contributed by atoms with E-state index in [1.807, 2.05) is 0 Å². The molecule has 1 N–H and O–H groups in total. The van der Waals surface area contributed by atoms with E-state index in [4.69, 9.17) is 9.47 Å². The molecule has 0 atom stereocenters. The number of carbonyl (C=O) groups excluding carboxylic acids is 1. The molecule has 118 valence electrons. The summed E-state index contributed by atoms with van der Waals surface area (Å²) in [5, 5.41) is 8.82. The van der Waals surface area contributed by atoms with Gasteiger partial charge in [0, 0.05) is 11.6 Å². The van der Waals surface area contributed by atoms with Crippen LogP contribution in [0.4, 0.5) is 13.9 Å². The van der Waals surface area contributed by atoms with Gasteiger partial charge < -0.3 is 14.8 Å². The molecule has 0 saturated carbocycles. The van der Waals surface area contributed by atoms with Crippen LogP contribution < -0.4 is 14.8 Å². The van der Waals surface area contributed by atoms with Crippen LogP contribution in [-0.2, 0) is 11.2 Å². The highest BCUT2D eigenvalue weighted by atomic mass is 32.1. The van der Waals surface area contributed by atoms with E-state index in [-0.39, 0.29) is 11.6 Å². The van der Waals surface area contributed by atoms with E-state index < -0.39 is 17.3 Å². The summed E-state index contributed by atoms with van der Waals surface area (Å²) in [7, 11) is 3.01. The van der Waals surface area contributed by atoms with Crippen molar-refractivity contribution in [1.82, 2.24) is 10.2 Å². The molecular formula is C13H13F2N3O3S. The van der Waals surface area contributed by atoms with Gasteiger partial charge in [-0.2, -0.15) is 0 Å². The largest absolute Gasteiger partial charge is 0.497 e. The lowest BCUT2D eigenvalue weighted by molar-refractivity contribution is -0.115. The highest BCUT2D eigenvalue weighted by Gasteiger charge is 2.16. The van der Waals surface area contributed by atoms with E-state index in [1.165, 1.54) is 14.2 Å². The number of hydrogen-bond acceptors (Lipinski definition) is 6. The lowest BCUT2D eigenvalue weighted by atomic mass is 10.1. The maximum absolute atomic E-state index is 12.4. The highest BCUT2D eigenvalue weighted by Crippen LogP contribution is 2.27. The fraction of sp³-hybridized carbons (Fsp3) is 0.308. The van der Waals surface area contributed by atoms with Gasteiger partial charge in [0.15, 0.2) is 5.01 Å². The molecule has 1 heterocycles. The van der Waals surface area contributed by atoms with Gasteiger partial charge in [-0.05, 0) is 6.07 Å². The molecule has 22 heavy (non-hydrogen) atoms. The summed E-state index contributed by atoms with van der Waals surface area (Å²) in [6.07, 6.45) is -2.69. The predicted molar refractivity (Wildman–Crippen MR) is 76.7 cm³/mol. The Hall–Kier alpha value is -2.29. The van der Waals surface area contributed by atoms with Crippen LogP contribution in [0.3, 0.4) is 0 Å². The minimum Gasteiger partial charge on any atom is -0.497 e. The van der Waals surface area contributed by atoms with Crippen molar-refractivity contribution in [2.45, 2.75) is 12.8 Å². The number of anilines is 1. The molecule has 2 aromatic rings. The molecule has 0 fully saturated rings. The van der Waals surface area contributed by atoms with Crippen molar-refractivity contribution in [2.24, 2.45) is 0 Å². The number of carbonyl (C=O) groups is 1. The van der Waals surface area contributed by atoms with Crippen molar-refractivity contribution in [2.75, 3.05) is 19.5 Å². The second-order valence-electron chi connectivity index (χ2n) is 4.15. The molecule has 1 aromatic carbocycles. The zero-order valence-electron chi connectivity index (χ0n) is 11.8. The molecule has 1 aromatic heterocycles. The van der Waals surface area contributed by atoms with Crippen molar-refractivity contribution in [3.63, 3.8) is 0 Å². The average molecular weight is 329 g/mol. The minimum atomic E-state index is -2.70. The molecule has 1 amide bonds. The monoisotopic (exact) mass is 329 g/mol. The third-order valence-electron chi connectivity index (χ3n) is 2.72. The Morgan fingerprint density at radius 3 is 2.68 bits per heavy atom. The van der Waals surface area contributed by atoms with E-state index >= 15 is 0 Å². The van der Waals surface area contributed by atoms with Crippen molar-refractivity contribution in [3.8, 4) is 11.5 Å². The first-order chi connectivity index (χ1) is 10.5. The Kier molecular flexibility index (Phi) is 5.21. The van der Waals surface area contributed by atoms with Gasteiger partial charge >= 0.3 is 0 Å². The van der Waals surface area contributed by atoms with Gasteiger partial charge in [-0.15, -0.1) is 10.2 Å². The molecule has 0 radical (unpaired) electrons. The summed E-state index contributed by atoms with van der Waals surface area (Å²) in [5.74, 6) is 0.701. The molecule has 0 bridgehead atoms. The number of aromatic nitrogens is 2. The number of nitrogens with zero attached hydrogens (tertiary/aromatic N) is 2. The summed E-state index contributed by atoms with van der Waals surface area (Å²) in [4.78, 5) is 11.9. The highest BCUT2D eigenvalue weighted by molar-refractivity contribution is 7.15. The molecule has 6 nitrogen and oxygen atoms in total. The summed E-state index contributed by atoms with van der Waals surface area (Å²) in [5.41, 5.74) is 0.638. The first-order valence-electron chi connectivity index (χ1n) is 6.15. The number of hydrogen-bond donors (Lipinski definition) is 1. The number of alkyl halides is 2. The lowest BCUT2D eigenvalue weighted by Crippen LogP contribution is -2.14. The maximum atomic E-state index is 12.4. The number of ether oxygens (including phenoxy) is 2. The molecule has 0 spiro atoms. The van der Waals surface area contributed by atoms with Gasteiger partial charge in [-0.1, -0.05) is 17.4 Å². The number of methoxy groups -OCH3 is 2. The van der Waals surface area contributed by atoms with Crippen LogP contribution in [0, 0.1) is 0 Å². The zero-order valence-corrected chi connectivity index (χ0v) is 12.6. The third kappa shape index (κ3) is 3.88. The number of nitrogens with one attached hydrogen (secondary N) is 1. The topological polar surface area (TPSA) is 73.3 Å². The van der Waals surface area contributed by atoms with Crippen LogP contribution >= 0.6 is 11.3 Å².